The second-order valence-electron chi connectivity index (χ2n) is 12.6. The summed E-state index contributed by atoms with van der Waals surface area (Å²) in [5.74, 6) is 6.73. The van der Waals surface area contributed by atoms with Crippen molar-refractivity contribution in [2.75, 3.05) is 0 Å². The highest BCUT2D eigenvalue weighted by molar-refractivity contribution is 5.25. The average Bonchev–Trinajstić information content (AvgIpc) is 2.99. The van der Waals surface area contributed by atoms with Crippen LogP contribution in [0.4, 0.5) is 0 Å². The highest BCUT2D eigenvalue weighted by atomic mass is 14.6. The maximum atomic E-state index is 2.75. The molecule has 4 aliphatic carbocycles. The standard InChI is InChI=1S/C28H48/c1-19(2)8-7-9-21(4)24-12-13-25-23-11-10-22-18-20(3)14-16-27(22,5)26(23)15-17-28(24,25)6/h10,19-21,23-26H,7-9,11-18H2,1-6H3/t20-,21+,23-,24?,25-,26?,27?,28?/m0/s1. The van der Waals surface area contributed by atoms with Gasteiger partial charge < -0.3 is 0 Å². The molecule has 0 amide bonds. The Labute approximate surface area is 176 Å². The van der Waals surface area contributed by atoms with Crippen LogP contribution in [0, 0.1) is 52.3 Å². The number of rotatable bonds is 5. The Bertz CT molecular complexity index is 585. The molecule has 4 aliphatic rings. The Morgan fingerprint density at radius 1 is 0.964 bits per heavy atom. The Morgan fingerprint density at radius 3 is 2.50 bits per heavy atom. The zero-order valence-electron chi connectivity index (χ0n) is 19.9. The molecule has 3 saturated carbocycles. The Kier molecular flexibility index (Phi) is 5.83. The van der Waals surface area contributed by atoms with Crippen LogP contribution in [0.15, 0.2) is 11.6 Å². The molecule has 0 heteroatoms. The number of fused-ring (bicyclic) bond motifs is 5. The third-order valence-corrected chi connectivity index (χ3v) is 10.6. The van der Waals surface area contributed by atoms with Gasteiger partial charge in [0.25, 0.3) is 0 Å². The SMILES string of the molecule is CC(C)CCC[C@@H](C)C1CC[C@H]2[C@@H]3CC=C4C[C@@H](C)CCC4(C)C3CCC12C. The molecule has 0 aromatic rings. The van der Waals surface area contributed by atoms with E-state index in [9.17, 15) is 0 Å². The predicted octanol–water partition coefficient (Wildman–Crippen LogP) is 8.66. The molecule has 0 spiro atoms. The van der Waals surface area contributed by atoms with E-state index in [1.807, 2.05) is 5.57 Å². The summed E-state index contributed by atoms with van der Waals surface area (Å²) in [5.41, 5.74) is 3.06. The third-order valence-electron chi connectivity index (χ3n) is 10.6. The topological polar surface area (TPSA) is 0 Å². The van der Waals surface area contributed by atoms with E-state index in [1.54, 1.807) is 0 Å². The maximum Gasteiger partial charge on any atom is -0.00851 e. The largest absolute Gasteiger partial charge is 0.0845 e. The van der Waals surface area contributed by atoms with Crippen molar-refractivity contribution in [3.05, 3.63) is 11.6 Å². The number of hydrogen-bond acceptors (Lipinski definition) is 0. The lowest BCUT2D eigenvalue weighted by Gasteiger charge is -2.58. The summed E-state index contributed by atoms with van der Waals surface area (Å²) in [4.78, 5) is 0. The fraction of sp³-hybridized carbons (Fsp3) is 0.929. The minimum atomic E-state index is 0.553. The maximum absolute atomic E-state index is 2.75. The molecule has 0 saturated heterocycles. The lowest BCUT2D eigenvalue weighted by Crippen LogP contribution is -2.50. The summed E-state index contributed by atoms with van der Waals surface area (Å²) in [6.45, 7) is 15.3. The molecule has 0 nitrogen and oxygen atoms in total. The highest BCUT2D eigenvalue weighted by Gasteiger charge is 2.58. The van der Waals surface area contributed by atoms with E-state index in [0.717, 1.165) is 41.4 Å². The van der Waals surface area contributed by atoms with Crippen molar-refractivity contribution >= 4 is 0 Å². The molecule has 28 heavy (non-hydrogen) atoms. The van der Waals surface area contributed by atoms with E-state index in [2.05, 4.69) is 47.6 Å². The molecule has 160 valence electrons. The summed E-state index contributed by atoms with van der Waals surface area (Å²) >= 11 is 0. The third kappa shape index (κ3) is 3.43. The van der Waals surface area contributed by atoms with Crippen molar-refractivity contribution in [2.45, 2.75) is 112 Å². The van der Waals surface area contributed by atoms with E-state index >= 15 is 0 Å². The smallest absolute Gasteiger partial charge is 0.00851 e. The van der Waals surface area contributed by atoms with Gasteiger partial charge in [-0.1, -0.05) is 72.5 Å². The normalized spacial score (nSPS) is 46.5. The summed E-state index contributed by atoms with van der Waals surface area (Å²) < 4.78 is 0. The average molecular weight is 385 g/mol. The van der Waals surface area contributed by atoms with Crippen LogP contribution in [-0.2, 0) is 0 Å². The quantitative estimate of drug-likeness (QED) is 0.416. The van der Waals surface area contributed by atoms with Crippen molar-refractivity contribution in [1.82, 2.24) is 0 Å². The van der Waals surface area contributed by atoms with Crippen LogP contribution in [0.3, 0.4) is 0 Å². The van der Waals surface area contributed by atoms with Crippen molar-refractivity contribution in [3.8, 4) is 0 Å². The molecular weight excluding hydrogens is 336 g/mol. The van der Waals surface area contributed by atoms with Crippen LogP contribution in [-0.4, -0.2) is 0 Å². The molecule has 8 atom stereocenters. The first-order valence-corrected chi connectivity index (χ1v) is 12.9. The van der Waals surface area contributed by atoms with Gasteiger partial charge in [0, 0.05) is 0 Å². The van der Waals surface area contributed by atoms with Gasteiger partial charge in [0.2, 0.25) is 0 Å². The first-order chi connectivity index (χ1) is 13.3. The zero-order chi connectivity index (χ0) is 20.1. The summed E-state index contributed by atoms with van der Waals surface area (Å²) in [5, 5.41) is 0. The van der Waals surface area contributed by atoms with Crippen LogP contribution in [0.1, 0.15) is 112 Å². The van der Waals surface area contributed by atoms with Gasteiger partial charge in [-0.15, -0.1) is 0 Å². The van der Waals surface area contributed by atoms with Crippen LogP contribution >= 0.6 is 0 Å². The van der Waals surface area contributed by atoms with E-state index in [4.69, 9.17) is 0 Å². The molecule has 0 aliphatic heterocycles. The second kappa shape index (κ2) is 7.77. The minimum Gasteiger partial charge on any atom is -0.0845 e. The Morgan fingerprint density at radius 2 is 1.75 bits per heavy atom. The van der Waals surface area contributed by atoms with Crippen LogP contribution in [0.2, 0.25) is 0 Å². The van der Waals surface area contributed by atoms with E-state index < -0.39 is 0 Å². The van der Waals surface area contributed by atoms with Crippen LogP contribution < -0.4 is 0 Å². The molecule has 0 aromatic carbocycles. The van der Waals surface area contributed by atoms with E-state index in [0.29, 0.717) is 10.8 Å². The summed E-state index contributed by atoms with van der Waals surface area (Å²) in [6, 6.07) is 0. The number of hydrogen-bond donors (Lipinski definition) is 0. The Balaban J connectivity index is 1.49. The van der Waals surface area contributed by atoms with E-state index in [1.165, 1.54) is 70.6 Å². The number of allylic oxidation sites excluding steroid dienone is 2. The van der Waals surface area contributed by atoms with Crippen molar-refractivity contribution in [1.29, 1.82) is 0 Å². The van der Waals surface area contributed by atoms with Gasteiger partial charge in [-0.3, -0.25) is 0 Å². The summed E-state index contributed by atoms with van der Waals surface area (Å²) in [6.07, 6.45) is 19.0. The first kappa shape index (κ1) is 21.0. The fourth-order valence-electron chi connectivity index (χ4n) is 8.87. The van der Waals surface area contributed by atoms with Crippen molar-refractivity contribution in [2.24, 2.45) is 52.3 Å². The molecule has 0 bridgehead atoms. The lowest BCUT2D eigenvalue weighted by atomic mass is 9.46. The Hall–Kier alpha value is -0.260. The van der Waals surface area contributed by atoms with Crippen molar-refractivity contribution < 1.29 is 0 Å². The molecule has 0 heterocycles. The van der Waals surface area contributed by atoms with Gasteiger partial charge in [0.15, 0.2) is 0 Å². The van der Waals surface area contributed by atoms with E-state index in [-0.39, 0.29) is 0 Å². The van der Waals surface area contributed by atoms with Gasteiger partial charge in [-0.25, -0.2) is 0 Å². The molecule has 4 rings (SSSR count). The monoisotopic (exact) mass is 384 g/mol. The van der Waals surface area contributed by atoms with Gasteiger partial charge >= 0.3 is 0 Å². The van der Waals surface area contributed by atoms with Gasteiger partial charge in [-0.2, -0.15) is 0 Å². The summed E-state index contributed by atoms with van der Waals surface area (Å²) in [7, 11) is 0. The minimum absolute atomic E-state index is 0.553. The zero-order valence-corrected chi connectivity index (χ0v) is 19.9. The van der Waals surface area contributed by atoms with Crippen LogP contribution in [0.25, 0.3) is 0 Å². The molecular formula is C28H48. The van der Waals surface area contributed by atoms with Gasteiger partial charge in [-0.05, 0) is 104 Å². The predicted molar refractivity (Wildman–Crippen MR) is 122 cm³/mol. The molecule has 3 fully saturated rings. The van der Waals surface area contributed by atoms with Crippen LogP contribution in [0.5, 0.6) is 0 Å². The molecule has 4 unspecified atom stereocenters. The fourth-order valence-corrected chi connectivity index (χ4v) is 8.87. The van der Waals surface area contributed by atoms with Gasteiger partial charge in [0.1, 0.15) is 0 Å². The molecule has 0 N–H and O–H groups in total. The second-order valence-corrected chi connectivity index (χ2v) is 12.6. The highest BCUT2D eigenvalue weighted by Crippen LogP contribution is 2.67. The molecule has 0 radical (unpaired) electrons. The molecule has 0 aromatic heterocycles. The van der Waals surface area contributed by atoms with Crippen molar-refractivity contribution in [3.63, 3.8) is 0 Å². The first-order valence-electron chi connectivity index (χ1n) is 12.9. The van der Waals surface area contributed by atoms with Gasteiger partial charge in [0.05, 0.1) is 0 Å². The lowest BCUT2D eigenvalue weighted by molar-refractivity contribution is -0.0523.